The Morgan fingerprint density at radius 3 is 2.71 bits per heavy atom. The van der Waals surface area contributed by atoms with Crippen LogP contribution in [0.1, 0.15) is 43.6 Å². The molecule has 0 saturated carbocycles. The molecule has 2 rings (SSSR count). The number of hydrogen-bond acceptors (Lipinski definition) is 4. The van der Waals surface area contributed by atoms with Gasteiger partial charge in [0.25, 0.3) is 5.91 Å². The molecule has 0 aliphatic carbocycles. The Kier molecular flexibility index (Phi) is 4.26. The molecule has 1 aromatic heterocycles. The number of amides is 1. The Morgan fingerprint density at radius 1 is 1.33 bits per heavy atom. The number of rotatable bonds is 4. The molecule has 0 fully saturated rings. The van der Waals surface area contributed by atoms with Gasteiger partial charge in [-0.05, 0) is 24.0 Å². The van der Waals surface area contributed by atoms with Crippen molar-refractivity contribution in [3.05, 3.63) is 35.4 Å². The lowest BCUT2D eigenvalue weighted by atomic mass is 9.83. The molecule has 0 saturated heterocycles. The highest BCUT2D eigenvalue weighted by molar-refractivity contribution is 6.04. The molecule has 0 unspecified atom stereocenters. The first-order chi connectivity index (χ1) is 9.91. The van der Waals surface area contributed by atoms with Crippen LogP contribution in [0.4, 0.5) is 5.95 Å². The van der Waals surface area contributed by atoms with E-state index in [4.69, 9.17) is 4.74 Å². The molecule has 2 aromatic rings. The lowest BCUT2D eigenvalue weighted by Gasteiger charge is -2.22. The molecule has 0 bridgehead atoms. The maximum absolute atomic E-state index is 12.4. The number of ether oxygens (including phenoxy) is 1. The summed E-state index contributed by atoms with van der Waals surface area (Å²) in [7, 11) is 0. The van der Waals surface area contributed by atoms with Crippen LogP contribution in [0.15, 0.2) is 24.3 Å². The number of benzene rings is 1. The van der Waals surface area contributed by atoms with Crippen LogP contribution >= 0.6 is 0 Å². The minimum atomic E-state index is -0.222. The fourth-order valence-corrected chi connectivity index (χ4v) is 2.01. The number of aromatic amines is 1. The zero-order valence-corrected chi connectivity index (χ0v) is 12.7. The minimum absolute atomic E-state index is 0.119. The van der Waals surface area contributed by atoms with E-state index in [0.717, 1.165) is 5.56 Å². The Labute approximate surface area is 123 Å². The van der Waals surface area contributed by atoms with Crippen molar-refractivity contribution in [2.24, 2.45) is 0 Å². The van der Waals surface area contributed by atoms with E-state index in [1.165, 1.54) is 0 Å². The Balaban J connectivity index is 2.20. The molecule has 6 heteroatoms. The number of H-pyrrole nitrogens is 1. The summed E-state index contributed by atoms with van der Waals surface area (Å²) in [5, 5.41) is 9.18. The van der Waals surface area contributed by atoms with Crippen molar-refractivity contribution in [3.8, 4) is 6.01 Å². The number of nitrogens with one attached hydrogen (secondary N) is 2. The van der Waals surface area contributed by atoms with E-state index in [1.54, 1.807) is 6.07 Å². The predicted octanol–water partition coefficient (Wildman–Crippen LogP) is 2.75. The van der Waals surface area contributed by atoms with E-state index in [9.17, 15) is 4.79 Å². The highest BCUT2D eigenvalue weighted by Crippen LogP contribution is 2.26. The average molecular weight is 288 g/mol. The second-order valence-corrected chi connectivity index (χ2v) is 5.65. The molecule has 0 radical (unpaired) electrons. The molecule has 1 amide bonds. The molecule has 0 aliphatic heterocycles. The largest absolute Gasteiger partial charge is 0.463 e. The number of nitrogens with zero attached hydrogens (tertiary/aromatic N) is 2. The van der Waals surface area contributed by atoms with Crippen molar-refractivity contribution in [1.82, 2.24) is 15.2 Å². The van der Waals surface area contributed by atoms with Crippen molar-refractivity contribution in [3.63, 3.8) is 0 Å². The summed E-state index contributed by atoms with van der Waals surface area (Å²) in [6, 6.07) is 7.75. The summed E-state index contributed by atoms with van der Waals surface area (Å²) in [5.74, 6) is 0.0480. The molecule has 112 valence electrons. The van der Waals surface area contributed by atoms with Crippen LogP contribution < -0.4 is 10.1 Å². The lowest BCUT2D eigenvalue weighted by molar-refractivity contribution is 0.102. The third-order valence-electron chi connectivity index (χ3n) is 2.95. The van der Waals surface area contributed by atoms with Crippen molar-refractivity contribution in [1.29, 1.82) is 0 Å². The molecule has 1 aromatic carbocycles. The van der Waals surface area contributed by atoms with E-state index < -0.39 is 0 Å². The van der Waals surface area contributed by atoms with Crippen LogP contribution in [0.2, 0.25) is 0 Å². The van der Waals surface area contributed by atoms with Crippen LogP contribution in [0.3, 0.4) is 0 Å². The van der Waals surface area contributed by atoms with Crippen LogP contribution in [0, 0.1) is 0 Å². The summed E-state index contributed by atoms with van der Waals surface area (Å²) in [6.45, 7) is 8.52. The van der Waals surface area contributed by atoms with Gasteiger partial charge < -0.3 is 4.74 Å². The van der Waals surface area contributed by atoms with E-state index in [2.05, 4.69) is 41.3 Å². The van der Waals surface area contributed by atoms with Gasteiger partial charge >= 0.3 is 6.01 Å². The monoisotopic (exact) mass is 288 g/mol. The van der Waals surface area contributed by atoms with Gasteiger partial charge in [0.1, 0.15) is 0 Å². The van der Waals surface area contributed by atoms with Crippen LogP contribution in [0.5, 0.6) is 6.01 Å². The molecular weight excluding hydrogens is 268 g/mol. The van der Waals surface area contributed by atoms with E-state index in [0.29, 0.717) is 12.2 Å². The van der Waals surface area contributed by atoms with Gasteiger partial charge in [-0.3, -0.25) is 10.1 Å². The maximum Gasteiger partial charge on any atom is 0.337 e. The number of carbonyl (C=O) groups is 1. The van der Waals surface area contributed by atoms with Gasteiger partial charge in [-0.1, -0.05) is 39.0 Å². The molecular formula is C15H20N4O2. The number of hydrogen-bond donors (Lipinski definition) is 2. The van der Waals surface area contributed by atoms with Crippen molar-refractivity contribution < 1.29 is 9.53 Å². The first kappa shape index (κ1) is 15.0. The van der Waals surface area contributed by atoms with E-state index in [1.807, 2.05) is 25.1 Å². The van der Waals surface area contributed by atoms with Gasteiger partial charge in [-0.15, -0.1) is 5.10 Å². The molecule has 0 spiro atoms. The topological polar surface area (TPSA) is 79.9 Å². The second-order valence-electron chi connectivity index (χ2n) is 5.65. The summed E-state index contributed by atoms with van der Waals surface area (Å²) in [4.78, 5) is 16.4. The highest BCUT2D eigenvalue weighted by atomic mass is 16.5. The smallest absolute Gasteiger partial charge is 0.337 e. The molecule has 1 heterocycles. The third-order valence-corrected chi connectivity index (χ3v) is 2.95. The molecule has 21 heavy (non-hydrogen) atoms. The fraction of sp³-hybridized carbons (Fsp3) is 0.400. The Morgan fingerprint density at radius 2 is 2.05 bits per heavy atom. The first-order valence-electron chi connectivity index (χ1n) is 6.88. The molecule has 0 aliphatic rings. The number of aromatic nitrogens is 3. The van der Waals surface area contributed by atoms with Crippen LogP contribution in [-0.4, -0.2) is 27.7 Å². The van der Waals surface area contributed by atoms with Gasteiger partial charge in [0.2, 0.25) is 5.95 Å². The number of carbonyl (C=O) groups excluding carboxylic acids is 1. The summed E-state index contributed by atoms with van der Waals surface area (Å²) < 4.78 is 5.15. The van der Waals surface area contributed by atoms with Gasteiger partial charge in [-0.2, -0.15) is 4.98 Å². The normalized spacial score (nSPS) is 11.2. The zero-order valence-electron chi connectivity index (χ0n) is 12.7. The van der Waals surface area contributed by atoms with E-state index >= 15 is 0 Å². The Bertz CT molecular complexity index is 629. The second kappa shape index (κ2) is 5.95. The van der Waals surface area contributed by atoms with Crippen LogP contribution in [0.25, 0.3) is 0 Å². The zero-order chi connectivity index (χ0) is 15.5. The van der Waals surface area contributed by atoms with Gasteiger partial charge in [0, 0.05) is 5.56 Å². The minimum Gasteiger partial charge on any atom is -0.463 e. The van der Waals surface area contributed by atoms with E-state index in [-0.39, 0.29) is 23.3 Å². The molecule has 2 N–H and O–H groups in total. The van der Waals surface area contributed by atoms with Crippen molar-refractivity contribution in [2.75, 3.05) is 11.9 Å². The van der Waals surface area contributed by atoms with Crippen LogP contribution in [-0.2, 0) is 5.41 Å². The summed E-state index contributed by atoms with van der Waals surface area (Å²) in [6.07, 6.45) is 0. The average Bonchev–Trinajstić information content (AvgIpc) is 2.85. The van der Waals surface area contributed by atoms with Crippen molar-refractivity contribution >= 4 is 11.9 Å². The molecule has 6 nitrogen and oxygen atoms in total. The SMILES string of the molecule is CCOc1n[nH]c(NC(=O)c2ccccc2C(C)(C)C)n1. The number of anilines is 1. The Hall–Kier alpha value is -2.37. The predicted molar refractivity (Wildman–Crippen MR) is 80.6 cm³/mol. The lowest BCUT2D eigenvalue weighted by Crippen LogP contribution is -2.21. The fourth-order valence-electron chi connectivity index (χ4n) is 2.01. The first-order valence-corrected chi connectivity index (χ1v) is 6.88. The third kappa shape index (κ3) is 3.59. The van der Waals surface area contributed by atoms with Gasteiger partial charge in [0.15, 0.2) is 0 Å². The standard InChI is InChI=1S/C15H20N4O2/c1-5-21-14-17-13(18-19-14)16-12(20)10-8-6-7-9-11(10)15(2,3)4/h6-9H,5H2,1-4H3,(H2,16,17,18,19,20). The van der Waals surface area contributed by atoms with Crippen molar-refractivity contribution in [2.45, 2.75) is 33.1 Å². The molecule has 0 atom stereocenters. The van der Waals surface area contributed by atoms with Gasteiger partial charge in [0.05, 0.1) is 6.61 Å². The maximum atomic E-state index is 12.4. The van der Waals surface area contributed by atoms with Gasteiger partial charge in [-0.25, -0.2) is 5.10 Å². The highest BCUT2D eigenvalue weighted by Gasteiger charge is 2.21. The summed E-state index contributed by atoms with van der Waals surface area (Å²) >= 11 is 0. The quantitative estimate of drug-likeness (QED) is 0.906. The summed E-state index contributed by atoms with van der Waals surface area (Å²) in [5.41, 5.74) is 1.48.